The highest BCUT2D eigenvalue weighted by Crippen LogP contribution is 2.19. The molecule has 2 aromatic carbocycles. The lowest BCUT2D eigenvalue weighted by Gasteiger charge is -2.02. The van der Waals surface area contributed by atoms with E-state index in [0.29, 0.717) is 16.7 Å². The molecule has 0 N–H and O–H groups in total. The molecule has 1 heterocycles. The zero-order chi connectivity index (χ0) is 20.1. The molecule has 0 spiro atoms. The van der Waals surface area contributed by atoms with Crippen molar-refractivity contribution in [3.8, 4) is 11.4 Å². The maximum absolute atomic E-state index is 13.6. The topological polar surface area (TPSA) is 82.3 Å². The molecule has 0 atom stereocenters. The molecule has 0 aliphatic carbocycles. The van der Waals surface area contributed by atoms with Crippen molar-refractivity contribution >= 4 is 11.8 Å². The van der Waals surface area contributed by atoms with E-state index in [9.17, 15) is 18.4 Å². The Morgan fingerprint density at radius 3 is 2.54 bits per heavy atom. The first-order valence-corrected chi connectivity index (χ1v) is 8.46. The molecular formula is C20H16F2N2O4. The average molecular weight is 386 g/mol. The van der Waals surface area contributed by atoms with Crippen molar-refractivity contribution in [3.63, 3.8) is 0 Å². The van der Waals surface area contributed by atoms with Crippen molar-refractivity contribution in [2.24, 2.45) is 0 Å². The van der Waals surface area contributed by atoms with Crippen LogP contribution in [-0.4, -0.2) is 21.9 Å². The van der Waals surface area contributed by atoms with E-state index in [1.165, 1.54) is 30.3 Å². The van der Waals surface area contributed by atoms with Crippen LogP contribution in [-0.2, 0) is 16.1 Å². The number of rotatable bonds is 7. The van der Waals surface area contributed by atoms with Crippen LogP contribution in [0.4, 0.5) is 8.78 Å². The Bertz CT molecular complexity index is 1000. The summed E-state index contributed by atoms with van der Waals surface area (Å²) in [6, 6.07) is 9.61. The molecule has 1 aromatic heterocycles. The standard InChI is InChI=1S/C20H16F2N2O4/c1-12-2-3-14(10-16(12)22)20-23-18(28-24-20)11-27-19(26)9-8-17(25)13-4-6-15(21)7-5-13/h2-7,10H,8-9,11H2,1H3. The summed E-state index contributed by atoms with van der Waals surface area (Å²) in [4.78, 5) is 27.8. The van der Waals surface area contributed by atoms with Crippen molar-refractivity contribution in [1.29, 1.82) is 0 Å². The van der Waals surface area contributed by atoms with Crippen molar-refractivity contribution in [3.05, 3.63) is 71.1 Å². The summed E-state index contributed by atoms with van der Waals surface area (Å²) in [7, 11) is 0. The first kappa shape index (κ1) is 19.3. The summed E-state index contributed by atoms with van der Waals surface area (Å²) in [6.45, 7) is 1.38. The second-order valence-corrected chi connectivity index (χ2v) is 6.07. The lowest BCUT2D eigenvalue weighted by Crippen LogP contribution is -2.08. The van der Waals surface area contributed by atoms with E-state index < -0.39 is 11.8 Å². The summed E-state index contributed by atoms with van der Waals surface area (Å²) in [5, 5.41) is 3.73. The number of hydrogen-bond donors (Lipinski definition) is 0. The number of ketones is 1. The number of carbonyl (C=O) groups is 2. The van der Waals surface area contributed by atoms with Gasteiger partial charge in [-0.2, -0.15) is 4.98 Å². The largest absolute Gasteiger partial charge is 0.456 e. The normalized spacial score (nSPS) is 10.7. The third kappa shape index (κ3) is 4.85. The quantitative estimate of drug-likeness (QED) is 0.450. The van der Waals surface area contributed by atoms with E-state index in [2.05, 4.69) is 10.1 Å². The molecule has 0 saturated carbocycles. The third-order valence-corrected chi connectivity index (χ3v) is 3.98. The molecule has 6 nitrogen and oxygen atoms in total. The maximum Gasteiger partial charge on any atom is 0.306 e. The molecule has 0 bridgehead atoms. The monoisotopic (exact) mass is 386 g/mol. The number of Topliss-reactive ketones (excluding diaryl/α,β-unsaturated/α-hetero) is 1. The van der Waals surface area contributed by atoms with Crippen LogP contribution >= 0.6 is 0 Å². The molecule has 8 heteroatoms. The molecule has 3 aromatic rings. The Hall–Kier alpha value is -3.42. The zero-order valence-electron chi connectivity index (χ0n) is 14.9. The summed E-state index contributed by atoms with van der Waals surface area (Å²) in [5.74, 6) is -1.51. The SMILES string of the molecule is Cc1ccc(-c2noc(COC(=O)CCC(=O)c3ccc(F)cc3)n2)cc1F. The van der Waals surface area contributed by atoms with E-state index in [4.69, 9.17) is 9.26 Å². The number of halogens is 2. The summed E-state index contributed by atoms with van der Waals surface area (Å²) in [6.07, 6.45) is -0.206. The van der Waals surface area contributed by atoms with Crippen LogP contribution in [0.1, 0.15) is 34.7 Å². The fraction of sp³-hybridized carbons (Fsp3) is 0.200. The number of aryl methyl sites for hydroxylation is 1. The maximum atomic E-state index is 13.6. The van der Waals surface area contributed by atoms with Crippen LogP contribution in [0.3, 0.4) is 0 Å². The van der Waals surface area contributed by atoms with Gasteiger partial charge in [-0.25, -0.2) is 8.78 Å². The number of esters is 1. The molecule has 0 aliphatic rings. The van der Waals surface area contributed by atoms with Crippen LogP contribution < -0.4 is 0 Å². The second-order valence-electron chi connectivity index (χ2n) is 6.07. The van der Waals surface area contributed by atoms with E-state index in [1.807, 2.05) is 0 Å². The summed E-state index contributed by atoms with van der Waals surface area (Å²) in [5.41, 5.74) is 1.26. The van der Waals surface area contributed by atoms with Crippen molar-refractivity contribution in [2.75, 3.05) is 0 Å². The lowest BCUT2D eigenvalue weighted by atomic mass is 10.1. The highest BCUT2D eigenvalue weighted by atomic mass is 19.1. The predicted molar refractivity (Wildman–Crippen MR) is 94.2 cm³/mol. The van der Waals surface area contributed by atoms with Crippen LogP contribution in [0.5, 0.6) is 0 Å². The van der Waals surface area contributed by atoms with Gasteiger partial charge in [-0.05, 0) is 42.8 Å². The minimum Gasteiger partial charge on any atom is -0.456 e. The zero-order valence-corrected chi connectivity index (χ0v) is 14.9. The predicted octanol–water partition coefficient (Wildman–Crippen LogP) is 4.03. The molecule has 144 valence electrons. The van der Waals surface area contributed by atoms with E-state index in [-0.39, 0.29) is 42.8 Å². The minimum absolute atomic E-state index is 0.0502. The molecule has 0 fully saturated rings. The van der Waals surface area contributed by atoms with Gasteiger partial charge in [0, 0.05) is 17.5 Å². The van der Waals surface area contributed by atoms with Gasteiger partial charge >= 0.3 is 5.97 Å². The Kier molecular flexibility index (Phi) is 5.88. The van der Waals surface area contributed by atoms with Gasteiger partial charge in [0.2, 0.25) is 5.82 Å². The summed E-state index contributed by atoms with van der Waals surface area (Å²) < 4.78 is 36.5. The second kappa shape index (κ2) is 8.51. The molecule has 0 unspecified atom stereocenters. The minimum atomic E-state index is -0.614. The Morgan fingerprint density at radius 1 is 1.07 bits per heavy atom. The lowest BCUT2D eigenvalue weighted by molar-refractivity contribution is -0.145. The summed E-state index contributed by atoms with van der Waals surface area (Å²) >= 11 is 0. The molecular weight excluding hydrogens is 370 g/mol. The fourth-order valence-electron chi connectivity index (χ4n) is 2.37. The highest BCUT2D eigenvalue weighted by molar-refractivity contribution is 5.97. The first-order valence-electron chi connectivity index (χ1n) is 8.46. The van der Waals surface area contributed by atoms with Crippen LogP contribution in [0.25, 0.3) is 11.4 Å². The molecule has 0 amide bonds. The fourth-order valence-corrected chi connectivity index (χ4v) is 2.37. The van der Waals surface area contributed by atoms with Gasteiger partial charge in [0.1, 0.15) is 11.6 Å². The van der Waals surface area contributed by atoms with Gasteiger partial charge in [-0.1, -0.05) is 17.3 Å². The van der Waals surface area contributed by atoms with Crippen LogP contribution in [0.15, 0.2) is 47.0 Å². The average Bonchev–Trinajstić information content (AvgIpc) is 3.16. The Labute approximate surface area is 159 Å². The number of aromatic nitrogens is 2. The number of benzene rings is 2. The van der Waals surface area contributed by atoms with Gasteiger partial charge < -0.3 is 9.26 Å². The molecule has 0 radical (unpaired) electrons. The Balaban J connectivity index is 1.49. The van der Waals surface area contributed by atoms with E-state index in [0.717, 1.165) is 0 Å². The van der Waals surface area contributed by atoms with E-state index >= 15 is 0 Å². The number of hydrogen-bond acceptors (Lipinski definition) is 6. The molecule has 0 aliphatic heterocycles. The third-order valence-electron chi connectivity index (χ3n) is 3.98. The van der Waals surface area contributed by atoms with Gasteiger partial charge in [0.15, 0.2) is 12.4 Å². The van der Waals surface area contributed by atoms with Crippen molar-refractivity contribution in [1.82, 2.24) is 10.1 Å². The van der Waals surface area contributed by atoms with Crippen molar-refractivity contribution < 1.29 is 27.6 Å². The van der Waals surface area contributed by atoms with Crippen LogP contribution in [0.2, 0.25) is 0 Å². The van der Waals surface area contributed by atoms with Gasteiger partial charge in [-0.3, -0.25) is 9.59 Å². The van der Waals surface area contributed by atoms with Gasteiger partial charge in [-0.15, -0.1) is 0 Å². The number of ether oxygens (including phenoxy) is 1. The van der Waals surface area contributed by atoms with Crippen LogP contribution in [0, 0.1) is 18.6 Å². The van der Waals surface area contributed by atoms with Gasteiger partial charge in [0.25, 0.3) is 5.89 Å². The highest BCUT2D eigenvalue weighted by Gasteiger charge is 2.14. The molecule has 3 rings (SSSR count). The first-order chi connectivity index (χ1) is 13.4. The number of nitrogens with zero attached hydrogens (tertiary/aromatic N) is 2. The smallest absolute Gasteiger partial charge is 0.306 e. The van der Waals surface area contributed by atoms with Crippen molar-refractivity contribution in [2.45, 2.75) is 26.4 Å². The molecule has 28 heavy (non-hydrogen) atoms. The van der Waals surface area contributed by atoms with Gasteiger partial charge in [0.05, 0.1) is 6.42 Å². The Morgan fingerprint density at radius 2 is 1.82 bits per heavy atom. The number of carbonyl (C=O) groups excluding carboxylic acids is 2. The van der Waals surface area contributed by atoms with E-state index in [1.54, 1.807) is 19.1 Å². The molecule has 0 saturated heterocycles.